The number of methoxy groups -OCH3 is 1. The molecule has 0 N–H and O–H groups in total. The summed E-state index contributed by atoms with van der Waals surface area (Å²) >= 11 is 1.80. The van der Waals surface area contributed by atoms with Gasteiger partial charge in [-0.2, -0.15) is 5.26 Å². The van der Waals surface area contributed by atoms with Crippen molar-refractivity contribution in [3.05, 3.63) is 24.3 Å². The number of thioether (sulfide) groups is 1. The standard InChI is InChI=1S/C15H19NOS/c1-11-7-8-12(10-16)15(9-11)18-14-6-4-3-5-13(14)17-2/h3-6,11-12,15H,7-9H2,1-2H3. The van der Waals surface area contributed by atoms with Gasteiger partial charge in [-0.15, -0.1) is 11.8 Å². The lowest BCUT2D eigenvalue weighted by Crippen LogP contribution is -2.24. The Balaban J connectivity index is 2.13. The van der Waals surface area contributed by atoms with Crippen LogP contribution in [0, 0.1) is 23.2 Å². The van der Waals surface area contributed by atoms with Crippen LogP contribution in [-0.4, -0.2) is 12.4 Å². The van der Waals surface area contributed by atoms with Crippen molar-refractivity contribution in [2.45, 2.75) is 36.3 Å². The summed E-state index contributed by atoms with van der Waals surface area (Å²) in [5, 5.41) is 9.66. The molecular formula is C15H19NOS. The van der Waals surface area contributed by atoms with Crippen LogP contribution in [0.4, 0.5) is 0 Å². The third-order valence-electron chi connectivity index (χ3n) is 3.57. The van der Waals surface area contributed by atoms with Gasteiger partial charge in [-0.1, -0.05) is 19.1 Å². The molecule has 2 nitrogen and oxygen atoms in total. The SMILES string of the molecule is COc1ccccc1SC1CC(C)CCC1C#N. The Labute approximate surface area is 113 Å². The summed E-state index contributed by atoms with van der Waals surface area (Å²) in [5.41, 5.74) is 0. The van der Waals surface area contributed by atoms with Crippen molar-refractivity contribution in [2.24, 2.45) is 11.8 Å². The lowest BCUT2D eigenvalue weighted by atomic mass is 9.83. The van der Waals surface area contributed by atoms with Gasteiger partial charge in [-0.3, -0.25) is 0 Å². The fourth-order valence-corrected chi connectivity index (χ4v) is 4.02. The van der Waals surface area contributed by atoms with Crippen LogP contribution < -0.4 is 4.74 Å². The monoisotopic (exact) mass is 261 g/mol. The summed E-state index contributed by atoms with van der Waals surface area (Å²) in [6.45, 7) is 2.28. The number of nitrogens with zero attached hydrogens (tertiary/aromatic N) is 1. The van der Waals surface area contributed by atoms with Crippen molar-refractivity contribution < 1.29 is 4.74 Å². The molecule has 96 valence electrons. The van der Waals surface area contributed by atoms with E-state index in [0.29, 0.717) is 5.25 Å². The molecule has 2 rings (SSSR count). The quantitative estimate of drug-likeness (QED) is 0.820. The molecule has 3 atom stereocenters. The second-order valence-corrected chi connectivity index (χ2v) is 6.24. The fraction of sp³-hybridized carbons (Fsp3) is 0.533. The number of nitriles is 1. The minimum absolute atomic E-state index is 0.177. The van der Waals surface area contributed by atoms with Gasteiger partial charge < -0.3 is 4.74 Å². The van der Waals surface area contributed by atoms with Crippen molar-refractivity contribution >= 4 is 11.8 Å². The average Bonchev–Trinajstić information content (AvgIpc) is 2.40. The van der Waals surface area contributed by atoms with Crippen LogP contribution in [0.1, 0.15) is 26.2 Å². The largest absolute Gasteiger partial charge is 0.496 e. The molecule has 1 fully saturated rings. The maximum Gasteiger partial charge on any atom is 0.132 e. The number of rotatable bonds is 3. The van der Waals surface area contributed by atoms with E-state index in [-0.39, 0.29) is 5.92 Å². The molecule has 1 aliphatic rings. The van der Waals surface area contributed by atoms with Crippen LogP contribution in [0.2, 0.25) is 0 Å². The number of benzene rings is 1. The van der Waals surface area contributed by atoms with E-state index in [1.165, 1.54) is 6.42 Å². The summed E-state index contributed by atoms with van der Waals surface area (Å²) in [5.74, 6) is 1.82. The van der Waals surface area contributed by atoms with E-state index in [1.54, 1.807) is 18.9 Å². The number of hydrogen-bond donors (Lipinski definition) is 0. The molecule has 1 saturated carbocycles. The predicted molar refractivity (Wildman–Crippen MR) is 74.8 cm³/mol. The second kappa shape index (κ2) is 6.15. The van der Waals surface area contributed by atoms with Gasteiger partial charge >= 0.3 is 0 Å². The third-order valence-corrected chi connectivity index (χ3v) is 4.98. The highest BCUT2D eigenvalue weighted by Gasteiger charge is 2.29. The highest BCUT2D eigenvalue weighted by Crippen LogP contribution is 2.42. The van der Waals surface area contributed by atoms with E-state index in [1.807, 2.05) is 18.2 Å². The normalized spacial score (nSPS) is 27.5. The predicted octanol–water partition coefficient (Wildman–Crippen LogP) is 4.12. The Bertz CT molecular complexity index is 440. The Hall–Kier alpha value is -1.14. The topological polar surface area (TPSA) is 33.0 Å². The second-order valence-electron chi connectivity index (χ2n) is 4.96. The summed E-state index contributed by atoms with van der Waals surface area (Å²) < 4.78 is 5.38. The van der Waals surface area contributed by atoms with Crippen LogP contribution in [-0.2, 0) is 0 Å². The van der Waals surface area contributed by atoms with Crippen molar-refractivity contribution in [3.63, 3.8) is 0 Å². The molecule has 1 aliphatic carbocycles. The van der Waals surface area contributed by atoms with Gasteiger partial charge in [-0.05, 0) is 37.3 Å². The van der Waals surface area contributed by atoms with E-state index in [4.69, 9.17) is 4.74 Å². The molecule has 18 heavy (non-hydrogen) atoms. The fourth-order valence-electron chi connectivity index (χ4n) is 2.49. The maximum atomic E-state index is 9.26. The van der Waals surface area contributed by atoms with Crippen molar-refractivity contribution in [2.75, 3.05) is 7.11 Å². The smallest absolute Gasteiger partial charge is 0.132 e. The molecule has 1 aromatic rings. The molecule has 0 saturated heterocycles. The molecule has 3 unspecified atom stereocenters. The van der Waals surface area contributed by atoms with E-state index in [9.17, 15) is 5.26 Å². The Kier molecular flexibility index (Phi) is 4.54. The first-order valence-corrected chi connectivity index (χ1v) is 7.32. The summed E-state index contributed by atoms with van der Waals surface area (Å²) in [4.78, 5) is 1.15. The van der Waals surface area contributed by atoms with Gasteiger partial charge in [0.1, 0.15) is 5.75 Å². The molecule has 0 bridgehead atoms. The minimum atomic E-state index is 0.177. The summed E-state index contributed by atoms with van der Waals surface area (Å²) in [6.07, 6.45) is 3.34. The van der Waals surface area contributed by atoms with E-state index in [0.717, 1.165) is 29.4 Å². The zero-order chi connectivity index (χ0) is 13.0. The van der Waals surface area contributed by atoms with Crippen molar-refractivity contribution in [1.29, 1.82) is 5.26 Å². The lowest BCUT2D eigenvalue weighted by Gasteiger charge is -2.30. The number of hydrogen-bond acceptors (Lipinski definition) is 3. The van der Waals surface area contributed by atoms with E-state index < -0.39 is 0 Å². The highest BCUT2D eigenvalue weighted by atomic mass is 32.2. The molecule has 0 amide bonds. The minimum Gasteiger partial charge on any atom is -0.496 e. The summed E-state index contributed by atoms with van der Waals surface area (Å²) in [6, 6.07) is 10.5. The molecule has 0 spiro atoms. The van der Waals surface area contributed by atoms with Crippen LogP contribution >= 0.6 is 11.8 Å². The first-order valence-electron chi connectivity index (χ1n) is 6.44. The zero-order valence-electron chi connectivity index (χ0n) is 10.9. The average molecular weight is 261 g/mol. The van der Waals surface area contributed by atoms with E-state index in [2.05, 4.69) is 19.1 Å². The zero-order valence-corrected chi connectivity index (χ0v) is 11.7. The van der Waals surface area contributed by atoms with Gasteiger partial charge in [-0.25, -0.2) is 0 Å². The van der Waals surface area contributed by atoms with Crippen LogP contribution in [0.5, 0.6) is 5.75 Å². The van der Waals surface area contributed by atoms with Gasteiger partial charge in [0.25, 0.3) is 0 Å². The molecule has 0 aromatic heterocycles. The molecule has 0 heterocycles. The molecule has 3 heteroatoms. The van der Waals surface area contributed by atoms with Crippen molar-refractivity contribution in [1.82, 2.24) is 0 Å². The van der Waals surface area contributed by atoms with Gasteiger partial charge in [0.2, 0.25) is 0 Å². The van der Waals surface area contributed by atoms with E-state index >= 15 is 0 Å². The molecule has 1 aromatic carbocycles. The molecular weight excluding hydrogens is 242 g/mol. The Morgan fingerprint density at radius 3 is 2.83 bits per heavy atom. The van der Waals surface area contributed by atoms with Gasteiger partial charge in [0, 0.05) is 10.1 Å². The number of ether oxygens (including phenoxy) is 1. The first-order chi connectivity index (χ1) is 8.74. The summed E-state index contributed by atoms with van der Waals surface area (Å²) in [7, 11) is 1.70. The highest BCUT2D eigenvalue weighted by molar-refractivity contribution is 8.00. The molecule has 0 radical (unpaired) electrons. The first kappa shape index (κ1) is 13.3. The Morgan fingerprint density at radius 1 is 1.33 bits per heavy atom. The maximum absolute atomic E-state index is 9.26. The Morgan fingerprint density at radius 2 is 2.11 bits per heavy atom. The van der Waals surface area contributed by atoms with Crippen LogP contribution in [0.25, 0.3) is 0 Å². The molecule has 0 aliphatic heterocycles. The lowest BCUT2D eigenvalue weighted by molar-refractivity contribution is 0.345. The van der Waals surface area contributed by atoms with Gasteiger partial charge in [0.15, 0.2) is 0 Å². The van der Waals surface area contributed by atoms with Crippen molar-refractivity contribution in [3.8, 4) is 11.8 Å². The van der Waals surface area contributed by atoms with Gasteiger partial charge in [0.05, 0.1) is 19.1 Å². The van der Waals surface area contributed by atoms with Crippen LogP contribution in [0.3, 0.4) is 0 Å². The van der Waals surface area contributed by atoms with Crippen LogP contribution in [0.15, 0.2) is 29.2 Å². The number of para-hydroxylation sites is 1. The third kappa shape index (κ3) is 3.00.